The van der Waals surface area contributed by atoms with E-state index in [9.17, 15) is 4.79 Å². The normalized spacial score (nSPS) is 11.6. The van der Waals surface area contributed by atoms with Crippen molar-refractivity contribution in [1.29, 1.82) is 0 Å². The third-order valence-electron chi connectivity index (χ3n) is 5.82. The summed E-state index contributed by atoms with van der Waals surface area (Å²) < 4.78 is 29.9. The standard InChI is InChI=1S/C30H28Cl2O6/c1-5-35-28-26(37-18(3)19-11-13-20(31)14-12-19)22-16-15-21(32)17-24(22)27(29(28)36-6-2)38-30(33)23-9-7-8-10-25(23)34-4/h7-18H,5-6H2,1-4H3. The number of methoxy groups -OCH3 is 1. The highest BCUT2D eigenvalue weighted by Gasteiger charge is 2.28. The van der Waals surface area contributed by atoms with Gasteiger partial charge in [-0.3, -0.25) is 0 Å². The maximum absolute atomic E-state index is 13.3. The Kier molecular flexibility index (Phi) is 8.87. The van der Waals surface area contributed by atoms with E-state index in [1.165, 1.54) is 7.11 Å². The van der Waals surface area contributed by atoms with Gasteiger partial charge in [0.05, 0.1) is 20.3 Å². The number of benzene rings is 4. The Hall–Kier alpha value is -3.61. The van der Waals surface area contributed by atoms with Crippen molar-refractivity contribution in [2.45, 2.75) is 26.9 Å². The molecule has 0 N–H and O–H groups in total. The van der Waals surface area contributed by atoms with Gasteiger partial charge in [-0.2, -0.15) is 0 Å². The highest BCUT2D eigenvalue weighted by molar-refractivity contribution is 6.31. The fourth-order valence-corrected chi connectivity index (χ4v) is 4.36. The van der Waals surface area contributed by atoms with Crippen LogP contribution in [0.15, 0.2) is 66.7 Å². The van der Waals surface area contributed by atoms with Crippen LogP contribution in [0.1, 0.15) is 42.8 Å². The molecule has 0 fully saturated rings. The van der Waals surface area contributed by atoms with Crippen molar-refractivity contribution in [2.24, 2.45) is 0 Å². The van der Waals surface area contributed by atoms with Crippen molar-refractivity contribution in [3.63, 3.8) is 0 Å². The number of ether oxygens (including phenoxy) is 5. The maximum atomic E-state index is 13.3. The molecule has 0 spiro atoms. The molecule has 4 aromatic rings. The van der Waals surface area contributed by atoms with E-state index < -0.39 is 5.97 Å². The van der Waals surface area contributed by atoms with Crippen molar-refractivity contribution in [2.75, 3.05) is 20.3 Å². The number of rotatable bonds is 10. The molecular weight excluding hydrogens is 527 g/mol. The molecule has 8 heteroatoms. The van der Waals surface area contributed by atoms with Crippen LogP contribution < -0.4 is 23.7 Å². The summed E-state index contributed by atoms with van der Waals surface area (Å²) in [5.74, 6) is 0.963. The Bertz CT molecular complexity index is 1440. The molecule has 0 bridgehead atoms. The van der Waals surface area contributed by atoms with Crippen LogP contribution in [0.4, 0.5) is 0 Å². The SMILES string of the molecule is CCOc1c(OCC)c(OC(C)c2ccc(Cl)cc2)c2ccc(Cl)cc2c1OC(=O)c1ccccc1OC. The zero-order valence-electron chi connectivity index (χ0n) is 21.5. The van der Waals surface area contributed by atoms with Gasteiger partial charge in [-0.25, -0.2) is 4.79 Å². The van der Waals surface area contributed by atoms with Gasteiger partial charge in [0.15, 0.2) is 11.5 Å². The largest absolute Gasteiger partial charge is 0.496 e. The van der Waals surface area contributed by atoms with Gasteiger partial charge in [0.1, 0.15) is 17.4 Å². The van der Waals surface area contributed by atoms with E-state index in [1.807, 2.05) is 45.0 Å². The molecule has 0 aliphatic carbocycles. The van der Waals surface area contributed by atoms with Crippen LogP contribution in [-0.4, -0.2) is 26.3 Å². The van der Waals surface area contributed by atoms with Crippen molar-refractivity contribution in [1.82, 2.24) is 0 Å². The predicted octanol–water partition coefficient (Wildman–Crippen LogP) is 8.31. The third-order valence-corrected chi connectivity index (χ3v) is 6.31. The lowest BCUT2D eigenvalue weighted by Gasteiger charge is -2.24. The molecule has 1 unspecified atom stereocenters. The van der Waals surface area contributed by atoms with E-state index >= 15 is 0 Å². The Morgan fingerprint density at radius 3 is 2.08 bits per heavy atom. The zero-order chi connectivity index (χ0) is 27.2. The highest BCUT2D eigenvalue weighted by Crippen LogP contribution is 2.53. The molecule has 1 atom stereocenters. The summed E-state index contributed by atoms with van der Waals surface area (Å²) in [6.07, 6.45) is -0.359. The number of fused-ring (bicyclic) bond motifs is 1. The highest BCUT2D eigenvalue weighted by atomic mass is 35.5. The summed E-state index contributed by atoms with van der Waals surface area (Å²) in [6, 6.07) is 19.5. The second-order valence-electron chi connectivity index (χ2n) is 8.27. The molecular formula is C30H28Cl2O6. The number of carbonyl (C=O) groups excluding carboxylic acids is 1. The number of hydrogen-bond donors (Lipinski definition) is 0. The van der Waals surface area contributed by atoms with Gasteiger partial charge in [-0.05, 0) is 68.8 Å². The van der Waals surface area contributed by atoms with E-state index in [2.05, 4.69) is 0 Å². The minimum Gasteiger partial charge on any atom is -0.496 e. The Labute approximate surface area is 231 Å². The van der Waals surface area contributed by atoms with Crippen LogP contribution in [0, 0.1) is 0 Å². The third kappa shape index (κ3) is 5.77. The summed E-state index contributed by atoms with van der Waals surface area (Å²) >= 11 is 12.5. The van der Waals surface area contributed by atoms with Gasteiger partial charge in [0.25, 0.3) is 0 Å². The zero-order valence-corrected chi connectivity index (χ0v) is 23.1. The first-order valence-corrected chi connectivity index (χ1v) is 13.0. The molecule has 38 heavy (non-hydrogen) atoms. The van der Waals surface area contributed by atoms with Crippen LogP contribution in [0.2, 0.25) is 10.0 Å². The van der Waals surface area contributed by atoms with Crippen molar-refractivity contribution in [3.05, 3.63) is 87.9 Å². The number of para-hydroxylation sites is 1. The van der Waals surface area contributed by atoms with Crippen LogP contribution in [0.25, 0.3) is 10.8 Å². The molecule has 0 aliphatic rings. The Morgan fingerprint density at radius 1 is 0.789 bits per heavy atom. The summed E-state index contributed by atoms with van der Waals surface area (Å²) in [4.78, 5) is 13.3. The molecule has 4 aromatic carbocycles. The molecule has 6 nitrogen and oxygen atoms in total. The second-order valence-corrected chi connectivity index (χ2v) is 9.15. The molecule has 4 rings (SSSR count). The number of esters is 1. The summed E-state index contributed by atoms with van der Waals surface area (Å²) in [5.41, 5.74) is 1.19. The van der Waals surface area contributed by atoms with Crippen molar-refractivity contribution in [3.8, 4) is 28.7 Å². The van der Waals surface area contributed by atoms with Crippen molar-refractivity contribution >= 4 is 39.9 Å². The first-order chi connectivity index (χ1) is 18.4. The first kappa shape index (κ1) is 27.4. The molecule has 0 aromatic heterocycles. The van der Waals surface area contributed by atoms with E-state index in [0.29, 0.717) is 44.7 Å². The minimum absolute atomic E-state index is 0.176. The number of halogens is 2. The molecule has 0 aliphatic heterocycles. The predicted molar refractivity (Wildman–Crippen MR) is 150 cm³/mol. The van der Waals surface area contributed by atoms with Gasteiger partial charge < -0.3 is 23.7 Å². The average Bonchev–Trinajstić information content (AvgIpc) is 2.92. The lowest BCUT2D eigenvalue weighted by molar-refractivity contribution is 0.0726. The van der Waals surface area contributed by atoms with Crippen molar-refractivity contribution < 1.29 is 28.5 Å². The Balaban J connectivity index is 1.91. The topological polar surface area (TPSA) is 63.2 Å². The van der Waals surface area contributed by atoms with Gasteiger partial charge in [0, 0.05) is 20.8 Å². The molecule has 0 radical (unpaired) electrons. The van der Waals surface area contributed by atoms with Gasteiger partial charge in [-0.15, -0.1) is 0 Å². The van der Waals surface area contributed by atoms with E-state index in [-0.39, 0.29) is 29.8 Å². The maximum Gasteiger partial charge on any atom is 0.347 e. The fraction of sp³-hybridized carbons (Fsp3) is 0.233. The van der Waals surface area contributed by atoms with Crippen LogP contribution >= 0.6 is 23.2 Å². The van der Waals surface area contributed by atoms with E-state index in [1.54, 1.807) is 42.5 Å². The molecule has 0 heterocycles. The number of hydrogen-bond acceptors (Lipinski definition) is 6. The molecule has 0 saturated carbocycles. The van der Waals surface area contributed by atoms with Gasteiger partial charge in [0.2, 0.25) is 11.5 Å². The van der Waals surface area contributed by atoms with E-state index in [4.69, 9.17) is 46.9 Å². The quantitative estimate of drug-likeness (QED) is 0.145. The average molecular weight is 555 g/mol. The summed E-state index contributed by atoms with van der Waals surface area (Å²) in [7, 11) is 1.49. The minimum atomic E-state index is -0.615. The van der Waals surface area contributed by atoms with Crippen LogP contribution in [-0.2, 0) is 0 Å². The smallest absolute Gasteiger partial charge is 0.347 e. The summed E-state index contributed by atoms with van der Waals surface area (Å²) in [6.45, 7) is 6.23. The summed E-state index contributed by atoms with van der Waals surface area (Å²) in [5, 5.41) is 2.27. The molecule has 0 saturated heterocycles. The Morgan fingerprint density at radius 2 is 1.42 bits per heavy atom. The molecule has 0 amide bonds. The van der Waals surface area contributed by atoms with Gasteiger partial charge in [-0.1, -0.05) is 47.5 Å². The fourth-order valence-electron chi connectivity index (χ4n) is 4.06. The monoisotopic (exact) mass is 554 g/mol. The van der Waals surface area contributed by atoms with Gasteiger partial charge >= 0.3 is 5.97 Å². The lowest BCUT2D eigenvalue weighted by Crippen LogP contribution is -2.13. The van der Waals surface area contributed by atoms with E-state index in [0.717, 1.165) is 5.56 Å². The van der Waals surface area contributed by atoms with Crippen LogP contribution in [0.3, 0.4) is 0 Å². The van der Waals surface area contributed by atoms with Crippen LogP contribution in [0.5, 0.6) is 28.7 Å². The first-order valence-electron chi connectivity index (χ1n) is 12.2. The lowest BCUT2D eigenvalue weighted by atomic mass is 10.1. The molecule has 198 valence electrons. The number of carbonyl (C=O) groups is 1. The second kappa shape index (κ2) is 12.3.